The molecule has 1 rings (SSSR count). The lowest BCUT2D eigenvalue weighted by atomic mass is 9.94. The quantitative estimate of drug-likeness (QED) is 0.768. The second-order valence-corrected chi connectivity index (χ2v) is 6.07. The number of aromatic nitrogens is 1. The van der Waals surface area contributed by atoms with Crippen LogP contribution in [0.2, 0.25) is 0 Å². The molecule has 0 saturated carbocycles. The summed E-state index contributed by atoms with van der Waals surface area (Å²) in [6, 6.07) is 3.04. The highest BCUT2D eigenvalue weighted by Gasteiger charge is 2.34. The van der Waals surface area contributed by atoms with Gasteiger partial charge in [0.2, 0.25) is 10.0 Å². The maximum absolute atomic E-state index is 12.2. The zero-order valence-corrected chi connectivity index (χ0v) is 12.0. The number of nitrogens with one attached hydrogen (secondary N) is 1. The first-order chi connectivity index (χ1) is 8.38. The van der Waals surface area contributed by atoms with Crippen molar-refractivity contribution in [2.75, 3.05) is 0 Å². The van der Waals surface area contributed by atoms with E-state index in [0.717, 1.165) is 0 Å². The first-order valence-corrected chi connectivity index (χ1v) is 7.51. The summed E-state index contributed by atoms with van der Waals surface area (Å²) in [6.45, 7) is 3.68. The van der Waals surface area contributed by atoms with Gasteiger partial charge in [-0.1, -0.05) is 26.1 Å². The fourth-order valence-electron chi connectivity index (χ4n) is 1.62. The topological polar surface area (TPSA) is 85.1 Å². The van der Waals surface area contributed by atoms with Crippen LogP contribution in [0.3, 0.4) is 0 Å². The Morgan fingerprint density at radius 2 is 2.11 bits per heavy atom. The van der Waals surface area contributed by atoms with Crippen molar-refractivity contribution in [1.29, 1.82) is 0 Å². The highest BCUT2D eigenvalue weighted by Crippen LogP contribution is 2.19. The number of nitrogens with two attached hydrogens (primary N) is 1. The Hall–Kier alpha value is -1.05. The van der Waals surface area contributed by atoms with Gasteiger partial charge in [-0.05, 0) is 25.0 Å². The molecular weight excluding hydrogens is 270 g/mol. The third kappa shape index (κ3) is 3.04. The molecule has 1 aromatic rings. The van der Waals surface area contributed by atoms with E-state index >= 15 is 0 Å². The molecule has 0 radical (unpaired) electrons. The molecule has 0 bridgehead atoms. The highest BCUT2D eigenvalue weighted by atomic mass is 32.2. The number of hydrogen-bond acceptors (Lipinski definition) is 4. The summed E-state index contributed by atoms with van der Waals surface area (Å²) in [5.74, 6) is 0. The van der Waals surface area contributed by atoms with Gasteiger partial charge in [0.05, 0.1) is 10.5 Å². The molecule has 0 aliphatic rings. The van der Waals surface area contributed by atoms with Crippen LogP contribution in [-0.4, -0.2) is 23.9 Å². The number of hydrogen-bond donors (Lipinski definition) is 2. The molecule has 0 aliphatic carbocycles. The van der Waals surface area contributed by atoms with Crippen molar-refractivity contribution in [2.45, 2.75) is 37.1 Å². The third-order valence-electron chi connectivity index (χ3n) is 2.95. The zero-order valence-electron chi connectivity index (χ0n) is 10.4. The molecule has 0 aliphatic heterocycles. The normalized spacial score (nSPS) is 12.3. The highest BCUT2D eigenvalue weighted by molar-refractivity contribution is 7.89. The Morgan fingerprint density at radius 1 is 1.50 bits per heavy atom. The zero-order chi connectivity index (χ0) is 13.8. The number of nitrogens with zero attached hydrogens (tertiary/aromatic N) is 1. The molecule has 0 amide bonds. The van der Waals surface area contributed by atoms with Gasteiger partial charge < -0.3 is 5.73 Å². The van der Waals surface area contributed by atoms with E-state index < -0.39 is 15.6 Å². The van der Waals surface area contributed by atoms with Gasteiger partial charge >= 0.3 is 0 Å². The lowest BCUT2D eigenvalue weighted by Crippen LogP contribution is -2.55. The van der Waals surface area contributed by atoms with Crippen LogP contribution in [0.15, 0.2) is 29.4 Å². The molecule has 1 aromatic heterocycles. The molecule has 100 valence electrons. The summed E-state index contributed by atoms with van der Waals surface area (Å²) in [4.78, 5) is 4.05. The molecule has 0 atom stereocenters. The number of thiocarbonyl (C=S) groups is 1. The second kappa shape index (κ2) is 5.73. The van der Waals surface area contributed by atoms with Crippen LogP contribution in [0, 0.1) is 0 Å². The van der Waals surface area contributed by atoms with Crippen molar-refractivity contribution in [3.63, 3.8) is 0 Å². The van der Waals surface area contributed by atoms with Gasteiger partial charge in [-0.2, -0.15) is 4.72 Å². The predicted molar refractivity (Wildman–Crippen MR) is 74.7 cm³/mol. The van der Waals surface area contributed by atoms with Gasteiger partial charge in [0, 0.05) is 12.4 Å². The number of pyridine rings is 1. The van der Waals surface area contributed by atoms with E-state index in [9.17, 15) is 8.42 Å². The summed E-state index contributed by atoms with van der Waals surface area (Å²) in [5, 5.41) is 0. The molecule has 0 fully saturated rings. The molecule has 0 unspecified atom stereocenters. The maximum atomic E-state index is 12.2. The van der Waals surface area contributed by atoms with Crippen LogP contribution in [-0.2, 0) is 10.0 Å². The lowest BCUT2D eigenvalue weighted by Gasteiger charge is -2.31. The minimum absolute atomic E-state index is 0.104. The Bertz CT molecular complexity index is 510. The fourth-order valence-corrected chi connectivity index (χ4v) is 3.51. The molecule has 5 nitrogen and oxygen atoms in total. The summed E-state index contributed by atoms with van der Waals surface area (Å²) in [5.41, 5.74) is 4.78. The van der Waals surface area contributed by atoms with Crippen molar-refractivity contribution >= 4 is 27.2 Å². The standard InChI is InChI=1S/C11H17N3O2S2/c1-3-11(4-2,10(12)17)14-18(15,16)9-6-5-7-13-8-9/h5-8,14H,3-4H2,1-2H3,(H2,12,17). The molecule has 7 heteroatoms. The van der Waals surface area contributed by atoms with Crippen LogP contribution in [0.25, 0.3) is 0 Å². The third-order valence-corrected chi connectivity index (χ3v) is 4.87. The van der Waals surface area contributed by atoms with Crippen LogP contribution in [0.1, 0.15) is 26.7 Å². The average Bonchev–Trinajstić information content (AvgIpc) is 2.37. The number of rotatable bonds is 6. The average molecular weight is 287 g/mol. The van der Waals surface area contributed by atoms with E-state index in [1.54, 1.807) is 6.07 Å². The van der Waals surface area contributed by atoms with E-state index in [-0.39, 0.29) is 9.88 Å². The lowest BCUT2D eigenvalue weighted by molar-refractivity contribution is 0.465. The Morgan fingerprint density at radius 3 is 2.50 bits per heavy atom. The van der Waals surface area contributed by atoms with Gasteiger partial charge in [0.15, 0.2) is 0 Å². The van der Waals surface area contributed by atoms with Crippen molar-refractivity contribution in [3.05, 3.63) is 24.5 Å². The van der Waals surface area contributed by atoms with Gasteiger partial charge in [0.1, 0.15) is 4.90 Å². The molecule has 1 heterocycles. The largest absolute Gasteiger partial charge is 0.392 e. The molecule has 3 N–H and O–H groups in total. The Balaban J connectivity index is 3.12. The van der Waals surface area contributed by atoms with Crippen molar-refractivity contribution < 1.29 is 8.42 Å². The van der Waals surface area contributed by atoms with Crippen LogP contribution < -0.4 is 10.5 Å². The first-order valence-electron chi connectivity index (χ1n) is 5.62. The Kier molecular flexibility index (Phi) is 4.78. The first kappa shape index (κ1) is 15.0. The van der Waals surface area contributed by atoms with Gasteiger partial charge in [0.25, 0.3) is 0 Å². The molecular formula is C11H17N3O2S2. The Labute approximate surface area is 113 Å². The van der Waals surface area contributed by atoms with Crippen molar-refractivity contribution in [2.24, 2.45) is 5.73 Å². The minimum Gasteiger partial charge on any atom is -0.392 e. The molecule has 0 spiro atoms. The minimum atomic E-state index is -3.67. The summed E-state index contributed by atoms with van der Waals surface area (Å²) in [6.07, 6.45) is 3.80. The van der Waals surface area contributed by atoms with Crippen LogP contribution in [0.4, 0.5) is 0 Å². The predicted octanol–water partition coefficient (Wildman–Crippen LogP) is 1.20. The van der Waals surface area contributed by atoms with Gasteiger partial charge in [-0.25, -0.2) is 8.42 Å². The van der Waals surface area contributed by atoms with Gasteiger partial charge in [-0.15, -0.1) is 0 Å². The summed E-state index contributed by atoms with van der Waals surface area (Å²) in [7, 11) is -3.67. The number of sulfonamides is 1. The molecule has 0 saturated heterocycles. The van der Waals surface area contributed by atoms with E-state index in [2.05, 4.69) is 9.71 Å². The maximum Gasteiger partial charge on any atom is 0.242 e. The fraction of sp³-hybridized carbons (Fsp3) is 0.455. The van der Waals surface area contributed by atoms with E-state index in [1.807, 2.05) is 13.8 Å². The van der Waals surface area contributed by atoms with Crippen LogP contribution in [0.5, 0.6) is 0 Å². The van der Waals surface area contributed by atoms with E-state index in [1.165, 1.54) is 18.5 Å². The monoisotopic (exact) mass is 287 g/mol. The van der Waals surface area contributed by atoms with E-state index in [4.69, 9.17) is 18.0 Å². The van der Waals surface area contributed by atoms with Crippen molar-refractivity contribution in [3.8, 4) is 0 Å². The molecule has 0 aromatic carbocycles. The molecule has 18 heavy (non-hydrogen) atoms. The van der Waals surface area contributed by atoms with E-state index in [0.29, 0.717) is 12.8 Å². The van der Waals surface area contributed by atoms with Gasteiger partial charge in [-0.3, -0.25) is 4.98 Å². The second-order valence-electron chi connectivity index (χ2n) is 3.95. The smallest absolute Gasteiger partial charge is 0.242 e. The SMILES string of the molecule is CCC(CC)(NS(=O)(=O)c1cccnc1)C(N)=S. The summed E-state index contributed by atoms with van der Waals surface area (Å²) >= 11 is 4.98. The van der Waals surface area contributed by atoms with Crippen molar-refractivity contribution in [1.82, 2.24) is 9.71 Å². The van der Waals surface area contributed by atoms with Crippen LogP contribution >= 0.6 is 12.2 Å². The summed E-state index contributed by atoms with van der Waals surface area (Å²) < 4.78 is 27.0.